The summed E-state index contributed by atoms with van der Waals surface area (Å²) in [7, 11) is 1.53. The normalized spacial score (nSPS) is 16.3. The number of para-hydroxylation sites is 2. The van der Waals surface area contributed by atoms with Gasteiger partial charge in [-0.15, -0.1) is 0 Å². The van der Waals surface area contributed by atoms with Crippen LogP contribution >= 0.6 is 11.6 Å². The van der Waals surface area contributed by atoms with Gasteiger partial charge in [0.2, 0.25) is 11.8 Å². The highest BCUT2D eigenvalue weighted by molar-refractivity contribution is 6.31. The van der Waals surface area contributed by atoms with Crippen molar-refractivity contribution in [1.29, 1.82) is 0 Å². The Balaban J connectivity index is 1.76. The summed E-state index contributed by atoms with van der Waals surface area (Å²) in [6.07, 6.45) is 0.123. The second kappa shape index (κ2) is 8.31. The molecule has 3 rings (SSSR count). The fourth-order valence-electron chi connectivity index (χ4n) is 3.08. The Morgan fingerprint density at radius 3 is 2.78 bits per heavy atom. The topological polar surface area (TPSA) is 67.9 Å². The first kappa shape index (κ1) is 19.0. The Kier molecular flexibility index (Phi) is 5.86. The monoisotopic (exact) mass is 388 g/mol. The first-order valence-electron chi connectivity index (χ1n) is 8.70. The van der Waals surface area contributed by atoms with E-state index in [-0.39, 0.29) is 24.8 Å². The second-order valence-corrected chi connectivity index (χ2v) is 6.58. The van der Waals surface area contributed by atoms with Crippen molar-refractivity contribution in [3.8, 4) is 11.5 Å². The highest BCUT2D eigenvalue weighted by atomic mass is 35.5. The molecule has 0 bridgehead atoms. The van der Waals surface area contributed by atoms with Gasteiger partial charge in [0.25, 0.3) is 0 Å². The quantitative estimate of drug-likeness (QED) is 0.818. The number of hydrogen-bond acceptors (Lipinski definition) is 4. The molecule has 1 atom stereocenters. The lowest BCUT2D eigenvalue weighted by Crippen LogP contribution is -2.28. The smallest absolute Gasteiger partial charge is 0.229 e. The van der Waals surface area contributed by atoms with Gasteiger partial charge in [-0.1, -0.05) is 23.7 Å². The number of ether oxygens (including phenoxy) is 2. The van der Waals surface area contributed by atoms with E-state index in [9.17, 15) is 9.59 Å². The molecule has 1 saturated heterocycles. The highest BCUT2D eigenvalue weighted by Crippen LogP contribution is 2.35. The van der Waals surface area contributed by atoms with Gasteiger partial charge in [-0.25, -0.2) is 0 Å². The zero-order valence-electron chi connectivity index (χ0n) is 15.2. The largest absolute Gasteiger partial charge is 0.495 e. The number of rotatable bonds is 6. The molecule has 7 heteroatoms. The number of nitrogens with one attached hydrogen (secondary N) is 1. The third-order valence-corrected chi connectivity index (χ3v) is 4.61. The van der Waals surface area contributed by atoms with Crippen molar-refractivity contribution in [3.63, 3.8) is 0 Å². The van der Waals surface area contributed by atoms with Crippen LogP contribution in [0.2, 0.25) is 5.02 Å². The zero-order chi connectivity index (χ0) is 19.4. The van der Waals surface area contributed by atoms with Crippen LogP contribution in [0.5, 0.6) is 11.5 Å². The van der Waals surface area contributed by atoms with E-state index in [1.165, 1.54) is 7.11 Å². The third kappa shape index (κ3) is 4.17. The van der Waals surface area contributed by atoms with Crippen molar-refractivity contribution < 1.29 is 19.1 Å². The average molecular weight is 389 g/mol. The number of halogens is 1. The maximum absolute atomic E-state index is 12.7. The van der Waals surface area contributed by atoms with Crippen molar-refractivity contribution in [2.24, 2.45) is 5.92 Å². The summed E-state index contributed by atoms with van der Waals surface area (Å²) in [5, 5.41) is 3.37. The van der Waals surface area contributed by atoms with Gasteiger partial charge >= 0.3 is 0 Å². The fourth-order valence-corrected chi connectivity index (χ4v) is 3.24. The van der Waals surface area contributed by atoms with E-state index in [0.717, 1.165) is 0 Å². The van der Waals surface area contributed by atoms with Gasteiger partial charge in [0.05, 0.1) is 31.0 Å². The van der Waals surface area contributed by atoms with E-state index in [1.807, 2.05) is 19.1 Å². The van der Waals surface area contributed by atoms with E-state index in [0.29, 0.717) is 34.5 Å². The van der Waals surface area contributed by atoms with Gasteiger partial charge in [0, 0.05) is 18.0 Å². The molecule has 0 aromatic heterocycles. The van der Waals surface area contributed by atoms with Gasteiger partial charge in [0.1, 0.15) is 11.5 Å². The summed E-state index contributed by atoms with van der Waals surface area (Å²) < 4.78 is 10.9. The molecule has 1 N–H and O–H groups in total. The summed E-state index contributed by atoms with van der Waals surface area (Å²) in [6, 6.07) is 12.3. The summed E-state index contributed by atoms with van der Waals surface area (Å²) in [6.45, 7) is 2.64. The minimum atomic E-state index is -0.476. The Morgan fingerprint density at radius 1 is 1.26 bits per heavy atom. The van der Waals surface area contributed by atoms with E-state index in [2.05, 4.69) is 5.32 Å². The predicted octanol–water partition coefficient (Wildman–Crippen LogP) is 3.74. The second-order valence-electron chi connectivity index (χ2n) is 6.14. The molecular formula is C20H21ClN2O4. The molecule has 0 spiro atoms. The maximum atomic E-state index is 12.7. The van der Waals surface area contributed by atoms with Gasteiger partial charge in [-0.2, -0.15) is 0 Å². The number of carbonyl (C=O) groups excluding carboxylic acids is 2. The fraction of sp³-hybridized carbons (Fsp3) is 0.300. The number of nitrogens with zero attached hydrogens (tertiary/aromatic N) is 1. The molecule has 6 nitrogen and oxygen atoms in total. The zero-order valence-corrected chi connectivity index (χ0v) is 16.0. The van der Waals surface area contributed by atoms with Crippen molar-refractivity contribution in [2.75, 3.05) is 30.5 Å². The molecule has 0 aliphatic carbocycles. The number of methoxy groups -OCH3 is 1. The Labute approximate surface area is 163 Å². The number of carbonyl (C=O) groups is 2. The number of hydrogen-bond donors (Lipinski definition) is 1. The van der Waals surface area contributed by atoms with Crippen LogP contribution in [-0.4, -0.2) is 32.1 Å². The molecule has 0 radical (unpaired) electrons. The van der Waals surface area contributed by atoms with Crippen molar-refractivity contribution in [3.05, 3.63) is 47.5 Å². The lowest BCUT2D eigenvalue weighted by atomic mass is 10.1. The predicted molar refractivity (Wildman–Crippen MR) is 105 cm³/mol. The van der Waals surface area contributed by atoms with E-state index in [4.69, 9.17) is 21.1 Å². The molecule has 1 fully saturated rings. The molecule has 1 aliphatic heterocycles. The van der Waals surface area contributed by atoms with Crippen molar-refractivity contribution in [1.82, 2.24) is 0 Å². The van der Waals surface area contributed by atoms with Gasteiger partial charge in [-0.3, -0.25) is 9.59 Å². The van der Waals surface area contributed by atoms with Crippen LogP contribution in [0.15, 0.2) is 42.5 Å². The first-order valence-corrected chi connectivity index (χ1v) is 9.08. The SMILES string of the molecule is CCOc1ccccc1NC(=O)C1CC(=O)N(c2cc(Cl)ccc2OC)C1. The summed E-state index contributed by atoms with van der Waals surface area (Å²) in [4.78, 5) is 26.8. The minimum absolute atomic E-state index is 0.123. The molecule has 1 aliphatic rings. The van der Waals surface area contributed by atoms with E-state index >= 15 is 0 Å². The Bertz CT molecular complexity index is 856. The van der Waals surface area contributed by atoms with Crippen LogP contribution in [0.1, 0.15) is 13.3 Å². The molecule has 2 aromatic rings. The van der Waals surface area contributed by atoms with E-state index < -0.39 is 5.92 Å². The molecule has 2 amide bonds. The lowest BCUT2D eigenvalue weighted by Gasteiger charge is -2.20. The van der Waals surface area contributed by atoms with Gasteiger partial charge in [-0.05, 0) is 37.3 Å². The van der Waals surface area contributed by atoms with Crippen LogP contribution in [0.3, 0.4) is 0 Å². The van der Waals surface area contributed by atoms with Crippen LogP contribution in [0, 0.1) is 5.92 Å². The standard InChI is InChI=1S/C20H21ClN2O4/c1-3-27-17-7-5-4-6-15(17)22-20(25)13-10-19(24)23(12-13)16-11-14(21)8-9-18(16)26-2/h4-9,11,13H,3,10,12H2,1-2H3,(H,22,25). The average Bonchev–Trinajstić information content (AvgIpc) is 3.05. The molecule has 1 unspecified atom stereocenters. The molecular weight excluding hydrogens is 368 g/mol. The number of anilines is 2. The molecule has 2 aromatic carbocycles. The number of amides is 2. The first-order chi connectivity index (χ1) is 13.0. The van der Waals surface area contributed by atoms with Crippen LogP contribution in [-0.2, 0) is 9.59 Å². The van der Waals surface area contributed by atoms with Gasteiger partial charge < -0.3 is 19.7 Å². The molecule has 0 saturated carbocycles. The third-order valence-electron chi connectivity index (χ3n) is 4.37. The molecule has 142 valence electrons. The number of benzene rings is 2. The minimum Gasteiger partial charge on any atom is -0.495 e. The lowest BCUT2D eigenvalue weighted by molar-refractivity contribution is -0.122. The van der Waals surface area contributed by atoms with E-state index in [1.54, 1.807) is 35.2 Å². The summed E-state index contributed by atoms with van der Waals surface area (Å²) in [5.41, 5.74) is 1.16. The Morgan fingerprint density at radius 2 is 2.04 bits per heavy atom. The summed E-state index contributed by atoms with van der Waals surface area (Å²) >= 11 is 6.07. The van der Waals surface area contributed by atoms with Crippen LogP contribution < -0.4 is 19.7 Å². The summed E-state index contributed by atoms with van der Waals surface area (Å²) in [5.74, 6) is 0.296. The molecule has 1 heterocycles. The Hall–Kier alpha value is -2.73. The van der Waals surface area contributed by atoms with Crippen molar-refractivity contribution in [2.45, 2.75) is 13.3 Å². The van der Waals surface area contributed by atoms with Crippen LogP contribution in [0.25, 0.3) is 0 Å². The van der Waals surface area contributed by atoms with Crippen LogP contribution in [0.4, 0.5) is 11.4 Å². The van der Waals surface area contributed by atoms with Crippen molar-refractivity contribution >= 4 is 34.8 Å². The van der Waals surface area contributed by atoms with Gasteiger partial charge in [0.15, 0.2) is 0 Å². The highest BCUT2D eigenvalue weighted by Gasteiger charge is 2.36. The molecule has 27 heavy (non-hydrogen) atoms. The maximum Gasteiger partial charge on any atom is 0.229 e.